The summed E-state index contributed by atoms with van der Waals surface area (Å²) in [7, 11) is -0.743. The lowest BCUT2D eigenvalue weighted by Gasteiger charge is -2.23. The van der Waals surface area contributed by atoms with Crippen LogP contribution in [0.4, 0.5) is 0 Å². The van der Waals surface area contributed by atoms with E-state index in [2.05, 4.69) is 13.8 Å². The minimum atomic E-state index is -1.23. The van der Waals surface area contributed by atoms with Crippen LogP contribution in [0, 0.1) is 0 Å². The summed E-state index contributed by atoms with van der Waals surface area (Å²) in [5.41, 5.74) is 1.17. The van der Waals surface area contributed by atoms with Gasteiger partial charge < -0.3 is 29.9 Å². The standard InChI is InChI=1S/C18H28O3S.C10H16N2O8/c1-3-4-5-6-7-8-11-22(19)15(2)12-16-9-10-17-18(13-16)21-14-20-17;13-7(14)3-11(4-8(15)16)1-2-12(5-9(17)18)6-10(19)20/h9-10,13,15H,3-8,11-12,14H2,1-2H3;1-6H2,(H,13,14)(H,15,16)(H,17,18)(H,19,20). The molecule has 42 heavy (non-hydrogen) atoms. The van der Waals surface area contributed by atoms with Crippen molar-refractivity contribution in [2.75, 3.05) is 51.8 Å². The normalized spacial score (nSPS) is 13.3. The molecule has 2 atom stereocenters. The molecule has 2 unspecified atom stereocenters. The van der Waals surface area contributed by atoms with Gasteiger partial charge in [-0.15, -0.1) is 0 Å². The van der Waals surface area contributed by atoms with Crippen molar-refractivity contribution >= 4 is 34.7 Å². The zero-order valence-electron chi connectivity index (χ0n) is 24.4. The van der Waals surface area contributed by atoms with Crippen molar-refractivity contribution in [3.8, 4) is 11.5 Å². The van der Waals surface area contributed by atoms with E-state index in [0.29, 0.717) is 6.79 Å². The summed E-state index contributed by atoms with van der Waals surface area (Å²) >= 11 is 0. The van der Waals surface area contributed by atoms with Crippen molar-refractivity contribution < 1.29 is 53.3 Å². The molecule has 0 aliphatic carbocycles. The molecular weight excluding hydrogens is 572 g/mol. The molecule has 13 nitrogen and oxygen atoms in total. The third-order valence-corrected chi connectivity index (χ3v) is 8.03. The number of benzene rings is 1. The number of hydrogen-bond acceptors (Lipinski definition) is 9. The Morgan fingerprint density at radius 2 is 1.26 bits per heavy atom. The molecule has 2 rings (SSSR count). The third-order valence-electron chi connectivity index (χ3n) is 6.28. The fourth-order valence-corrected chi connectivity index (χ4v) is 5.46. The Bertz CT molecular complexity index is 969. The quantitative estimate of drug-likeness (QED) is 0.147. The Morgan fingerprint density at radius 1 is 0.786 bits per heavy atom. The monoisotopic (exact) mass is 616 g/mol. The molecule has 0 bridgehead atoms. The lowest BCUT2D eigenvalue weighted by molar-refractivity contribution is -0.145. The van der Waals surface area contributed by atoms with Gasteiger partial charge in [-0.1, -0.05) is 52.0 Å². The first-order chi connectivity index (χ1) is 19.9. The van der Waals surface area contributed by atoms with Gasteiger partial charge in [0.15, 0.2) is 11.5 Å². The van der Waals surface area contributed by atoms with Crippen molar-refractivity contribution in [3.05, 3.63) is 23.8 Å². The molecule has 1 aromatic rings. The van der Waals surface area contributed by atoms with Crippen LogP contribution >= 0.6 is 0 Å². The molecule has 1 heterocycles. The van der Waals surface area contributed by atoms with Gasteiger partial charge in [0.1, 0.15) is 0 Å². The van der Waals surface area contributed by atoms with Crippen LogP contribution in [-0.4, -0.2) is 115 Å². The van der Waals surface area contributed by atoms with E-state index in [1.165, 1.54) is 37.7 Å². The number of carbonyl (C=O) groups is 4. The summed E-state index contributed by atoms with van der Waals surface area (Å²) < 4.78 is 23.0. The van der Waals surface area contributed by atoms with Crippen LogP contribution in [0.25, 0.3) is 0 Å². The molecule has 0 saturated carbocycles. The average molecular weight is 617 g/mol. The van der Waals surface area contributed by atoms with Crippen molar-refractivity contribution in [3.63, 3.8) is 0 Å². The van der Waals surface area contributed by atoms with E-state index < -0.39 is 60.9 Å². The van der Waals surface area contributed by atoms with E-state index in [4.69, 9.17) is 29.9 Å². The van der Waals surface area contributed by atoms with Gasteiger partial charge in [-0.25, -0.2) is 0 Å². The highest BCUT2D eigenvalue weighted by Crippen LogP contribution is 2.33. The second-order valence-corrected chi connectivity index (χ2v) is 12.0. The first-order valence-corrected chi connectivity index (χ1v) is 15.4. The summed E-state index contributed by atoms with van der Waals surface area (Å²) in [4.78, 5) is 44.4. The molecule has 14 heteroatoms. The summed E-state index contributed by atoms with van der Waals surface area (Å²) in [6.07, 6.45) is 8.32. The van der Waals surface area contributed by atoms with Crippen LogP contribution in [-0.2, 0) is 36.4 Å². The number of nitrogens with zero attached hydrogens (tertiary/aromatic N) is 2. The highest BCUT2D eigenvalue weighted by atomic mass is 32.2. The Morgan fingerprint density at radius 3 is 1.76 bits per heavy atom. The van der Waals surface area contributed by atoms with Crippen LogP contribution in [0.15, 0.2) is 18.2 Å². The van der Waals surface area contributed by atoms with E-state index in [0.717, 1.165) is 39.9 Å². The first kappa shape index (κ1) is 36.8. The highest BCUT2D eigenvalue weighted by Gasteiger charge is 2.19. The number of carboxylic acids is 4. The van der Waals surface area contributed by atoms with Gasteiger partial charge in [0, 0.05) is 34.9 Å². The van der Waals surface area contributed by atoms with Crippen LogP contribution in [0.3, 0.4) is 0 Å². The summed E-state index contributed by atoms with van der Waals surface area (Å²) in [6, 6.07) is 6.01. The van der Waals surface area contributed by atoms with Gasteiger partial charge in [-0.3, -0.25) is 33.2 Å². The lowest BCUT2D eigenvalue weighted by atomic mass is 10.1. The molecule has 1 aliphatic heterocycles. The molecule has 238 valence electrons. The van der Waals surface area contributed by atoms with Crippen LogP contribution in [0.5, 0.6) is 11.5 Å². The van der Waals surface area contributed by atoms with Gasteiger partial charge in [-0.05, 0) is 30.5 Å². The largest absolute Gasteiger partial charge is 0.480 e. The maximum atomic E-state index is 12.3. The predicted octanol–water partition coefficient (Wildman–Crippen LogP) is 2.38. The van der Waals surface area contributed by atoms with E-state index >= 15 is 0 Å². The molecule has 0 amide bonds. The van der Waals surface area contributed by atoms with Gasteiger partial charge in [0.2, 0.25) is 6.79 Å². The number of fused-ring (bicyclic) bond motifs is 1. The predicted molar refractivity (Wildman–Crippen MR) is 156 cm³/mol. The number of hydrogen-bond donors (Lipinski definition) is 4. The number of unbranched alkanes of at least 4 members (excludes halogenated alkanes) is 5. The number of rotatable bonds is 21. The van der Waals surface area contributed by atoms with Crippen LogP contribution in [0.1, 0.15) is 57.9 Å². The smallest absolute Gasteiger partial charge is 0.317 e. The summed E-state index contributed by atoms with van der Waals surface area (Å²) in [5, 5.41) is 34.7. The molecule has 0 aromatic heterocycles. The first-order valence-electron chi connectivity index (χ1n) is 14.0. The fraction of sp³-hybridized carbons (Fsp3) is 0.643. The lowest BCUT2D eigenvalue weighted by Crippen LogP contribution is -2.43. The minimum Gasteiger partial charge on any atom is -0.480 e. The van der Waals surface area contributed by atoms with Crippen molar-refractivity contribution in [1.29, 1.82) is 0 Å². The maximum absolute atomic E-state index is 12.3. The topological polar surface area (TPSA) is 191 Å². The second-order valence-electron chi connectivity index (χ2n) is 10.1. The van der Waals surface area contributed by atoms with Gasteiger partial charge in [0.25, 0.3) is 0 Å². The van der Waals surface area contributed by atoms with Gasteiger partial charge in [0.05, 0.1) is 26.2 Å². The zero-order valence-corrected chi connectivity index (χ0v) is 25.2. The SMILES string of the molecule is CCCCCCCCS(=O)C(C)Cc1ccc2c(c1)OCO2.O=C(O)CN(CCN(CC(=O)O)CC(=O)O)CC(=O)O. The number of aliphatic carboxylic acids is 4. The zero-order chi connectivity index (χ0) is 31.5. The molecule has 1 aliphatic rings. The Kier molecular flexibility index (Phi) is 18.1. The van der Waals surface area contributed by atoms with Crippen LogP contribution < -0.4 is 9.47 Å². The van der Waals surface area contributed by atoms with E-state index in [1.807, 2.05) is 18.2 Å². The third kappa shape index (κ3) is 16.9. The fourth-order valence-electron chi connectivity index (χ4n) is 4.19. The minimum absolute atomic E-state index is 0.0703. The molecule has 0 spiro atoms. The van der Waals surface area contributed by atoms with E-state index in [-0.39, 0.29) is 18.3 Å². The van der Waals surface area contributed by atoms with E-state index in [9.17, 15) is 23.4 Å². The molecule has 0 fully saturated rings. The molecule has 0 saturated heterocycles. The average Bonchev–Trinajstić information content (AvgIpc) is 3.36. The Balaban J connectivity index is 0.000000423. The number of carboxylic acid groups (broad SMARTS) is 4. The highest BCUT2D eigenvalue weighted by molar-refractivity contribution is 7.85. The number of ether oxygens (including phenoxy) is 2. The van der Waals surface area contributed by atoms with Crippen molar-refractivity contribution in [2.45, 2.75) is 64.0 Å². The second kappa shape index (κ2) is 20.6. The summed E-state index contributed by atoms with van der Waals surface area (Å²) in [6.45, 7) is 2.36. The molecule has 1 aromatic carbocycles. The van der Waals surface area contributed by atoms with Crippen molar-refractivity contribution in [1.82, 2.24) is 9.80 Å². The maximum Gasteiger partial charge on any atom is 0.317 e. The van der Waals surface area contributed by atoms with Gasteiger partial charge >= 0.3 is 23.9 Å². The van der Waals surface area contributed by atoms with Gasteiger partial charge in [-0.2, -0.15) is 0 Å². The Hall–Kier alpha value is -3.23. The van der Waals surface area contributed by atoms with E-state index in [1.54, 1.807) is 0 Å². The van der Waals surface area contributed by atoms with Crippen molar-refractivity contribution in [2.24, 2.45) is 0 Å². The molecular formula is C28H44N2O11S. The molecule has 4 N–H and O–H groups in total. The summed E-state index contributed by atoms with van der Waals surface area (Å²) in [5.74, 6) is -2.46. The van der Waals surface area contributed by atoms with Crippen LogP contribution in [0.2, 0.25) is 0 Å². The Labute approximate surface area is 248 Å². The molecule has 0 radical (unpaired) electrons.